The van der Waals surface area contributed by atoms with Crippen molar-refractivity contribution in [1.29, 1.82) is 0 Å². The van der Waals surface area contributed by atoms with Crippen molar-refractivity contribution in [3.8, 4) is 39.8 Å². The summed E-state index contributed by atoms with van der Waals surface area (Å²) in [4.78, 5) is 43.2. The van der Waals surface area contributed by atoms with Gasteiger partial charge in [0.25, 0.3) is 0 Å². The summed E-state index contributed by atoms with van der Waals surface area (Å²) in [6.07, 6.45) is 6.91. The van der Waals surface area contributed by atoms with Crippen molar-refractivity contribution in [3.05, 3.63) is 134 Å². The van der Waals surface area contributed by atoms with Crippen LogP contribution in [0.15, 0.2) is 97.6 Å². The zero-order chi connectivity index (χ0) is 70.1. The predicted molar refractivity (Wildman–Crippen MR) is 391 cm³/mol. The van der Waals surface area contributed by atoms with E-state index in [-0.39, 0.29) is 113 Å². The quantitative estimate of drug-likeness (QED) is 0.0484. The molecule has 4 heterocycles. The van der Waals surface area contributed by atoms with Crippen LogP contribution in [0.25, 0.3) is 44.3 Å². The summed E-state index contributed by atoms with van der Waals surface area (Å²) >= 11 is 30.4. The van der Waals surface area contributed by atoms with Crippen molar-refractivity contribution < 1.29 is 91.1 Å². The molecule has 0 aliphatic heterocycles. The molecule has 8 rings (SSSR count). The number of rotatable bonds is 20. The zero-order valence-corrected chi connectivity index (χ0v) is 108. The average molecular weight is 1720 g/mol. The summed E-state index contributed by atoms with van der Waals surface area (Å²) in [6, 6.07) is 20.6. The number of aliphatic hydroxyl groups excluding tert-OH is 1. The number of hydrogen-bond donors (Lipinski definition) is 4. The summed E-state index contributed by atoms with van der Waals surface area (Å²) in [5.74, 6) is -0.103. The Morgan fingerprint density at radius 3 is 1.39 bits per heavy atom. The number of halogens is 3. The van der Waals surface area contributed by atoms with E-state index in [1.54, 1.807) is 0 Å². The fourth-order valence-corrected chi connectivity index (χ4v) is 8.49. The molecule has 4 aromatic heterocycles. The Morgan fingerprint density at radius 1 is 0.649 bits per heavy atom. The van der Waals surface area contributed by atoms with Crippen LogP contribution in [-0.2, 0) is 18.8 Å². The zero-order valence-electron chi connectivity index (χ0n) is 61.0. The number of nitro benzene ring substituents is 2. The maximum absolute atomic E-state index is 13.9. The molecule has 0 aliphatic rings. The van der Waals surface area contributed by atoms with Gasteiger partial charge in [0, 0.05) is 103 Å². The minimum absolute atomic E-state index is 0. The van der Waals surface area contributed by atoms with Gasteiger partial charge in [0.2, 0.25) is 23.5 Å². The van der Waals surface area contributed by atoms with E-state index in [0.29, 0.717) is 65.6 Å². The van der Waals surface area contributed by atoms with Gasteiger partial charge in [0.05, 0.1) is 82.0 Å². The number of aromatic nitrogens is 6. The summed E-state index contributed by atoms with van der Waals surface area (Å²) in [5.41, 5.74) is 4.32. The Labute approximate surface area is 925 Å². The van der Waals surface area contributed by atoms with Gasteiger partial charge in [-0.25, -0.2) is 19.9 Å². The Morgan fingerprint density at radius 2 is 1.03 bits per heavy atom. The van der Waals surface area contributed by atoms with Crippen molar-refractivity contribution in [2.24, 2.45) is 14.1 Å². The predicted octanol–water partition coefficient (Wildman–Crippen LogP) is 3.29. The molecule has 0 bridgehead atoms. The standard InChI is InChI=1S/C26H29ClN6O4.C20H15ClFN5O3.C7H17NO2.CH4.15K.H3N.H/c1-6-16(14-31(2)3)37-24-12-23(36-5)20(11-22(24)33(34)35)29-26-28-13-19(27)25(30-26)18-15-32(4)21-10-8-7-9-17(18)21;1-26-10-12(11-5-3-4-6-16(11)26)19-13(21)9-23-20(25-19)24-15-8-17(27(28)29)14(22)7-18(15)30-2;1-4-10-6-7(9)5-8(2)3;;;;;;;;;;;;;;;;;;/h7-13,15-16H,6,14H2,1-5H3,(H,28,29,30);3-10H,1-2H3,(H,23,24,25);7,9H,4-6H2,1-3H3;1H4;;;;;;;;;;;;;;;;1H3;/q;;;;;;;;;;;;;;;;;;+1;;-1/t16-;;7-;;;;;;;;;;;;;;;;;;/m0.1................../s1. The average Bonchev–Trinajstić information content (AvgIpc) is 1.71. The molecule has 0 saturated carbocycles. The van der Waals surface area contributed by atoms with Crippen LogP contribution < -0.4 is 82.4 Å². The minimum atomic E-state index is -1.00. The van der Waals surface area contributed by atoms with Crippen LogP contribution in [0.4, 0.5) is 39.0 Å². The first-order valence-electron chi connectivity index (χ1n) is 31.0. The van der Waals surface area contributed by atoms with Crippen LogP contribution in [0.5, 0.6) is 17.2 Å². The normalized spacial score (nSPS) is 10.3. The third kappa shape index (κ3) is 45.4. The van der Waals surface area contributed by atoms with E-state index in [1.807, 2.05) is 136 Å². The Hall–Kier alpha value is 16.8. The van der Waals surface area contributed by atoms with Crippen LogP contribution in [0.1, 0.15) is 29.1 Å². The van der Waals surface area contributed by atoms with Gasteiger partial charge in [-0.3, -0.25) is 20.2 Å². The molecule has 0 amide bonds. The number of likely N-dealkylation sites (N-methyl/N-ethyl adjacent to an activating group) is 2. The first-order valence-corrected chi connectivity index (χ1v) is 144. The van der Waals surface area contributed by atoms with E-state index in [4.69, 9.17) is 42.1 Å². The van der Waals surface area contributed by atoms with Crippen LogP contribution >= 0.6 is 23.2 Å². The van der Waals surface area contributed by atoms with Crippen molar-refractivity contribution in [2.45, 2.75) is 39.9 Å². The summed E-state index contributed by atoms with van der Waals surface area (Å²) in [6.45, 7) is 6.28. The van der Waals surface area contributed by atoms with Crippen LogP contribution in [0.3, 0.4) is 0 Å². The van der Waals surface area contributed by atoms with Gasteiger partial charge in [-0.05, 0) is 53.7 Å². The van der Waals surface area contributed by atoms with E-state index in [9.17, 15) is 29.7 Å². The number of hydrogen-bond acceptors (Lipinski definition) is 18. The molecule has 8 aromatic rings. The van der Waals surface area contributed by atoms with Gasteiger partial charge in [0.1, 0.15) is 17.6 Å². The number of methoxy groups -OCH3 is 2. The second-order valence-electron chi connectivity index (χ2n) is 17.9. The van der Waals surface area contributed by atoms with E-state index in [2.05, 4.69) is 30.6 Å². The number of aliphatic hydroxyl groups is 1. The van der Waals surface area contributed by atoms with Gasteiger partial charge in [-0.15, -0.1) is 0 Å². The molecule has 22 nitrogen and oxygen atoms in total. The van der Waals surface area contributed by atoms with E-state index in [0.717, 1.165) is 45.1 Å². The molecule has 0 aliphatic carbocycles. The molecule has 6 N–H and O–H groups in total. The molecule has 40 heteroatoms. The van der Waals surface area contributed by atoms with Gasteiger partial charge in [-0.1, -0.05) is 74.0 Å². The van der Waals surface area contributed by atoms with Crippen LogP contribution in [0.2, 0.25) is 10.0 Å². The molecule has 2 atom stereocenters. The van der Waals surface area contributed by atoms with Crippen molar-refractivity contribution in [2.75, 3.05) is 79.3 Å². The molecule has 0 saturated heterocycles. The van der Waals surface area contributed by atoms with Crippen LogP contribution in [-0.4, -0.2) is 577 Å². The third-order valence-corrected chi connectivity index (χ3v) is 12.2. The molecule has 0 unspecified atom stereocenters. The number of nitrogens with zero attached hydrogens (tertiary/aromatic N) is 10. The van der Waals surface area contributed by atoms with Crippen molar-refractivity contribution >= 4 is 522 Å². The monoisotopic (exact) mass is 1720 g/mol. The first kappa shape index (κ1) is 119. The first-order chi connectivity index (χ1) is 43.8. The number of nitro groups is 2. The molecule has 4 aromatic carbocycles. The molecule has 0 fully saturated rings. The number of fused-ring (bicyclic) bond motifs is 2. The molecule has 440 valence electrons. The number of nitrogens with one attached hydrogen (secondary N) is 2. The fourth-order valence-electron chi connectivity index (χ4n) is 8.10. The van der Waals surface area contributed by atoms with Crippen molar-refractivity contribution in [1.82, 2.24) is 45.0 Å². The fraction of sp³-hybridized carbons (Fsp3) is 0.333. The Bertz CT molecular complexity index is 3410. The topological polar surface area (TPSA) is 270 Å². The van der Waals surface area contributed by atoms with E-state index < -0.39 is 21.4 Å². The van der Waals surface area contributed by atoms with Crippen LogP contribution in [0, 0.1) is 26.0 Å². The Balaban J connectivity index is -0.000000307. The summed E-state index contributed by atoms with van der Waals surface area (Å²) in [5, 5.41) is 40.8. The van der Waals surface area contributed by atoms with E-state index in [1.165, 1.54) is 481 Å². The summed E-state index contributed by atoms with van der Waals surface area (Å²) < 4.78 is 39.5. The van der Waals surface area contributed by atoms with E-state index >= 15 is 0 Å². The molecular weight excluding hydrogens is 1650 g/mol. The number of aryl methyl sites for hydroxylation is 2. The van der Waals surface area contributed by atoms with Gasteiger partial charge in [-0.2, -0.15) is 4.39 Å². The number of ether oxygens (including phenoxy) is 4. The molecule has 0 spiro atoms. The SMILES string of the molecule is C.CCOC[C@H](O)CN(C)C.CC[C@@H](CN(C)C)Oc1cc(OC)c(Nc2ncc(Cl)c(-c3cn(C)c4ccccc34)n2)cc1[N+](=O)[O-].COc1cc(F)c([N+](=O)[O-])cc1Nc1ncc(Cl)c(-c2cn(C)c3ccccc23)n1.N.[H-].[K+].[K][K].[K][K].[K][K].[K][K].[K][K].[K][K].[K][K]. The Kier molecular flexibility index (Phi) is 94.9. The molecule has 0 radical (unpaired) electrons. The maximum atomic E-state index is 13.9. The second-order valence-corrected chi connectivity index (χ2v) is 18.7. The van der Waals surface area contributed by atoms with Gasteiger partial charge >= 0.3 is 505 Å². The van der Waals surface area contributed by atoms with Gasteiger partial charge < -0.3 is 61.2 Å². The molecule has 94 heavy (non-hydrogen) atoms. The number of para-hydroxylation sites is 2. The summed E-state index contributed by atoms with van der Waals surface area (Å²) in [7, 11) is 14.4. The van der Waals surface area contributed by atoms with Crippen molar-refractivity contribution in [3.63, 3.8) is 0 Å². The number of anilines is 4. The second kappa shape index (κ2) is 74.8. The molecular formula is C54H69Cl2FK15N13O9. The number of benzene rings is 4. The van der Waals surface area contributed by atoms with Gasteiger partial charge in [0.15, 0.2) is 0 Å². The third-order valence-electron chi connectivity index (χ3n) is 11.6.